The number of amides is 3. The van der Waals surface area contributed by atoms with Crippen molar-refractivity contribution in [2.45, 2.75) is 31.4 Å². The number of carbonyl (C=O) groups is 3. The second-order valence-electron chi connectivity index (χ2n) is 7.27. The summed E-state index contributed by atoms with van der Waals surface area (Å²) >= 11 is 0. The van der Waals surface area contributed by atoms with Crippen molar-refractivity contribution in [3.8, 4) is 0 Å². The van der Waals surface area contributed by atoms with E-state index in [1.165, 1.54) is 23.1 Å². The number of carbonyl (C=O) groups excluding carboxylic acids is 3. The number of nitrogens with zero attached hydrogens (tertiary/aromatic N) is 1. The maximum Gasteiger partial charge on any atom is 0.268 e. The summed E-state index contributed by atoms with van der Waals surface area (Å²) in [4.78, 5) is 38.2. The molecule has 8 heteroatoms. The molecule has 2 aromatic rings. The lowest BCUT2D eigenvalue weighted by Gasteiger charge is -2.23. The number of aliphatic hydroxyl groups is 1. The van der Waals surface area contributed by atoms with Crippen LogP contribution in [0.15, 0.2) is 42.5 Å². The highest BCUT2D eigenvalue weighted by Gasteiger charge is 2.51. The Morgan fingerprint density at radius 3 is 2.83 bits per heavy atom. The molecule has 29 heavy (non-hydrogen) atoms. The summed E-state index contributed by atoms with van der Waals surface area (Å²) in [5.41, 5.74) is 0.539. The van der Waals surface area contributed by atoms with Gasteiger partial charge in [-0.3, -0.25) is 14.4 Å². The zero-order valence-corrected chi connectivity index (χ0v) is 15.6. The zero-order valence-electron chi connectivity index (χ0n) is 15.6. The summed E-state index contributed by atoms with van der Waals surface area (Å²) in [6.45, 7) is 0.193. The quantitative estimate of drug-likeness (QED) is 0.681. The standard InChI is InChI=1S/C21H20FN3O4/c22-15-3-1-2-13(10-15)12-23-19(27)21(29)8-9-25(20(21)28)16-5-6-17-14(11-16)4-7-18(26)24-17/h1-3,5-6,10-11,29H,4,7-9,12H2,(H,23,27)(H,24,26)/t21-/m1/s1. The molecule has 2 aliphatic rings. The number of anilines is 2. The van der Waals surface area contributed by atoms with Crippen LogP contribution in [0.4, 0.5) is 15.8 Å². The van der Waals surface area contributed by atoms with E-state index in [1.807, 2.05) is 0 Å². The molecular weight excluding hydrogens is 377 g/mol. The molecule has 0 aromatic heterocycles. The minimum absolute atomic E-state index is 0.00469. The van der Waals surface area contributed by atoms with Crippen LogP contribution in [0.2, 0.25) is 0 Å². The van der Waals surface area contributed by atoms with Crippen molar-refractivity contribution in [3.05, 3.63) is 59.4 Å². The molecule has 2 aliphatic heterocycles. The highest BCUT2D eigenvalue weighted by Crippen LogP contribution is 2.32. The predicted octanol–water partition coefficient (Wildman–Crippen LogP) is 1.49. The first-order valence-corrected chi connectivity index (χ1v) is 9.37. The number of aryl methyl sites for hydroxylation is 1. The average molecular weight is 397 g/mol. The van der Waals surface area contributed by atoms with Gasteiger partial charge in [0.1, 0.15) is 5.82 Å². The number of nitrogens with one attached hydrogen (secondary N) is 2. The molecule has 3 amide bonds. The normalized spacial score (nSPS) is 21.0. The van der Waals surface area contributed by atoms with Crippen molar-refractivity contribution < 1.29 is 23.9 Å². The number of hydrogen-bond donors (Lipinski definition) is 3. The molecule has 0 aliphatic carbocycles. The van der Waals surface area contributed by atoms with Gasteiger partial charge in [-0.2, -0.15) is 0 Å². The molecule has 0 unspecified atom stereocenters. The fourth-order valence-electron chi connectivity index (χ4n) is 3.68. The molecule has 0 saturated carbocycles. The van der Waals surface area contributed by atoms with E-state index in [4.69, 9.17) is 0 Å². The number of hydrogen-bond acceptors (Lipinski definition) is 4. The summed E-state index contributed by atoms with van der Waals surface area (Å²) in [7, 11) is 0. The Balaban J connectivity index is 1.47. The van der Waals surface area contributed by atoms with Crippen molar-refractivity contribution in [2.75, 3.05) is 16.8 Å². The molecule has 3 N–H and O–H groups in total. The SMILES string of the molecule is O=C1CCc2cc(N3CC[C@@](O)(C(=O)NCc4cccc(F)c4)C3=O)ccc2N1. The van der Waals surface area contributed by atoms with Crippen LogP contribution in [0.3, 0.4) is 0 Å². The van der Waals surface area contributed by atoms with E-state index < -0.39 is 23.2 Å². The first-order valence-electron chi connectivity index (χ1n) is 9.37. The number of fused-ring (bicyclic) bond motifs is 1. The molecule has 0 radical (unpaired) electrons. The first kappa shape index (κ1) is 19.1. The van der Waals surface area contributed by atoms with Crippen LogP contribution >= 0.6 is 0 Å². The molecule has 1 saturated heterocycles. The molecule has 2 aromatic carbocycles. The van der Waals surface area contributed by atoms with Gasteiger partial charge in [0.15, 0.2) is 0 Å². The third kappa shape index (κ3) is 3.58. The van der Waals surface area contributed by atoms with Gasteiger partial charge < -0.3 is 20.6 Å². The van der Waals surface area contributed by atoms with Gasteiger partial charge in [0, 0.05) is 37.3 Å². The Bertz CT molecular complexity index is 1010. The van der Waals surface area contributed by atoms with Gasteiger partial charge in [-0.05, 0) is 47.9 Å². The number of rotatable bonds is 4. The minimum Gasteiger partial charge on any atom is -0.372 e. The highest BCUT2D eigenvalue weighted by atomic mass is 19.1. The summed E-state index contributed by atoms with van der Waals surface area (Å²) in [5, 5.41) is 16.0. The van der Waals surface area contributed by atoms with Gasteiger partial charge in [-0.25, -0.2) is 4.39 Å². The van der Waals surface area contributed by atoms with Gasteiger partial charge in [0.05, 0.1) is 0 Å². The van der Waals surface area contributed by atoms with Gasteiger partial charge in [-0.1, -0.05) is 12.1 Å². The summed E-state index contributed by atoms with van der Waals surface area (Å²) < 4.78 is 13.3. The summed E-state index contributed by atoms with van der Waals surface area (Å²) in [6.07, 6.45) is 0.890. The Morgan fingerprint density at radius 1 is 1.21 bits per heavy atom. The predicted molar refractivity (Wildman–Crippen MR) is 104 cm³/mol. The van der Waals surface area contributed by atoms with Crippen LogP contribution in [-0.2, 0) is 27.3 Å². The van der Waals surface area contributed by atoms with Crippen molar-refractivity contribution in [1.29, 1.82) is 0 Å². The summed E-state index contributed by atoms with van der Waals surface area (Å²) in [5.74, 6) is -1.98. The lowest BCUT2D eigenvalue weighted by Crippen LogP contribution is -2.52. The van der Waals surface area contributed by atoms with Crippen LogP contribution < -0.4 is 15.5 Å². The monoisotopic (exact) mass is 397 g/mol. The maximum absolute atomic E-state index is 13.3. The molecule has 1 fully saturated rings. The first-order chi connectivity index (χ1) is 13.9. The molecule has 2 heterocycles. The molecule has 1 atom stereocenters. The van der Waals surface area contributed by atoms with E-state index in [2.05, 4.69) is 10.6 Å². The second kappa shape index (κ2) is 7.29. The second-order valence-corrected chi connectivity index (χ2v) is 7.27. The van der Waals surface area contributed by atoms with E-state index in [1.54, 1.807) is 24.3 Å². The minimum atomic E-state index is -2.17. The van der Waals surface area contributed by atoms with Crippen LogP contribution in [0.5, 0.6) is 0 Å². The molecule has 7 nitrogen and oxygen atoms in total. The van der Waals surface area contributed by atoms with Crippen LogP contribution in [0, 0.1) is 5.82 Å². The van der Waals surface area contributed by atoms with Crippen molar-refractivity contribution in [3.63, 3.8) is 0 Å². The van der Waals surface area contributed by atoms with Crippen LogP contribution in [-0.4, -0.2) is 35.0 Å². The van der Waals surface area contributed by atoms with E-state index in [0.717, 1.165) is 5.56 Å². The van der Waals surface area contributed by atoms with E-state index in [0.29, 0.717) is 29.8 Å². The Labute approximate surface area is 166 Å². The Morgan fingerprint density at radius 2 is 2.03 bits per heavy atom. The van der Waals surface area contributed by atoms with Crippen molar-refractivity contribution in [1.82, 2.24) is 5.32 Å². The number of benzene rings is 2. The lowest BCUT2D eigenvalue weighted by atomic mass is 10.0. The maximum atomic E-state index is 13.3. The Kier molecular flexibility index (Phi) is 4.79. The lowest BCUT2D eigenvalue weighted by molar-refractivity contribution is -0.149. The highest BCUT2D eigenvalue weighted by molar-refractivity contribution is 6.16. The fourth-order valence-corrected chi connectivity index (χ4v) is 3.68. The van der Waals surface area contributed by atoms with Crippen molar-refractivity contribution in [2.24, 2.45) is 0 Å². The van der Waals surface area contributed by atoms with Crippen molar-refractivity contribution >= 4 is 29.1 Å². The van der Waals surface area contributed by atoms with Gasteiger partial charge >= 0.3 is 0 Å². The number of halogens is 1. The topological polar surface area (TPSA) is 98.7 Å². The van der Waals surface area contributed by atoms with Gasteiger partial charge in [0.25, 0.3) is 11.8 Å². The van der Waals surface area contributed by atoms with Crippen LogP contribution in [0.1, 0.15) is 24.0 Å². The molecule has 150 valence electrons. The van der Waals surface area contributed by atoms with Crippen LogP contribution in [0.25, 0.3) is 0 Å². The smallest absolute Gasteiger partial charge is 0.268 e. The largest absolute Gasteiger partial charge is 0.372 e. The summed E-state index contributed by atoms with van der Waals surface area (Å²) in [6, 6.07) is 10.9. The van der Waals surface area contributed by atoms with E-state index in [9.17, 15) is 23.9 Å². The third-order valence-corrected chi connectivity index (χ3v) is 5.31. The van der Waals surface area contributed by atoms with E-state index >= 15 is 0 Å². The van der Waals surface area contributed by atoms with Gasteiger partial charge in [-0.15, -0.1) is 0 Å². The van der Waals surface area contributed by atoms with Gasteiger partial charge in [0.2, 0.25) is 11.5 Å². The average Bonchev–Trinajstić information content (AvgIpc) is 3.02. The molecular formula is C21H20FN3O4. The molecule has 0 spiro atoms. The molecule has 0 bridgehead atoms. The Hall–Kier alpha value is -3.26. The zero-order chi connectivity index (χ0) is 20.6. The fraction of sp³-hybridized carbons (Fsp3) is 0.286. The third-order valence-electron chi connectivity index (χ3n) is 5.31. The molecule has 4 rings (SSSR count). The van der Waals surface area contributed by atoms with E-state index in [-0.39, 0.29) is 25.4 Å².